The van der Waals surface area contributed by atoms with Crippen LogP contribution in [0.3, 0.4) is 0 Å². The molecule has 2 heterocycles. The van der Waals surface area contributed by atoms with Gasteiger partial charge in [-0.05, 0) is 42.3 Å². The Morgan fingerprint density at radius 2 is 1.90 bits per heavy atom. The number of piperazine rings is 1. The molecule has 8 nitrogen and oxygen atoms in total. The summed E-state index contributed by atoms with van der Waals surface area (Å²) in [6.45, 7) is 4.30. The molecule has 1 aliphatic rings. The number of ether oxygens (including phenoxy) is 1. The summed E-state index contributed by atoms with van der Waals surface area (Å²) in [7, 11) is 1.65. The summed E-state index contributed by atoms with van der Waals surface area (Å²) in [5.74, 6) is 0.802. The van der Waals surface area contributed by atoms with Crippen LogP contribution in [-0.2, 0) is 11.2 Å². The monoisotopic (exact) mass is 423 g/mol. The maximum atomic E-state index is 12.4. The molecule has 4 rings (SSSR count). The summed E-state index contributed by atoms with van der Waals surface area (Å²) in [4.78, 5) is 16.8. The molecule has 1 atom stereocenters. The van der Waals surface area contributed by atoms with Crippen LogP contribution in [0.2, 0.25) is 0 Å². The van der Waals surface area contributed by atoms with Crippen LogP contribution < -0.4 is 10.1 Å². The number of nitrogens with zero attached hydrogens (tertiary/aromatic N) is 3. The molecule has 0 radical (unpaired) electrons. The van der Waals surface area contributed by atoms with Gasteiger partial charge in [0.1, 0.15) is 5.75 Å². The van der Waals surface area contributed by atoms with Crippen molar-refractivity contribution >= 4 is 22.5 Å². The first-order valence-electron chi connectivity index (χ1n) is 10.6. The van der Waals surface area contributed by atoms with Crippen molar-refractivity contribution in [3.8, 4) is 5.75 Å². The lowest BCUT2D eigenvalue weighted by molar-refractivity contribution is -0.117. The first-order valence-corrected chi connectivity index (χ1v) is 10.6. The molecular weight excluding hydrogens is 394 g/mol. The van der Waals surface area contributed by atoms with E-state index in [0.717, 1.165) is 54.1 Å². The van der Waals surface area contributed by atoms with E-state index in [1.54, 1.807) is 13.3 Å². The van der Waals surface area contributed by atoms with Crippen LogP contribution >= 0.6 is 0 Å². The number of fused-ring (bicyclic) bond motifs is 1. The summed E-state index contributed by atoms with van der Waals surface area (Å²) in [6, 6.07) is 13.5. The number of hydrogen-bond acceptors (Lipinski definition) is 6. The second-order valence-electron chi connectivity index (χ2n) is 8.00. The van der Waals surface area contributed by atoms with Gasteiger partial charge in [0.25, 0.3) is 0 Å². The molecule has 0 spiro atoms. The average molecular weight is 424 g/mol. The van der Waals surface area contributed by atoms with Crippen LogP contribution in [0.1, 0.15) is 5.56 Å². The highest BCUT2D eigenvalue weighted by Crippen LogP contribution is 2.17. The van der Waals surface area contributed by atoms with Crippen molar-refractivity contribution in [1.82, 2.24) is 20.0 Å². The smallest absolute Gasteiger partial charge is 0.238 e. The number of nitrogens with one attached hydrogen (secondary N) is 2. The topological polar surface area (TPSA) is 93.7 Å². The second-order valence-corrected chi connectivity index (χ2v) is 8.00. The van der Waals surface area contributed by atoms with Crippen LogP contribution in [-0.4, -0.2) is 83.5 Å². The number of aromatic nitrogens is 2. The fraction of sp³-hybridized carbons (Fsp3) is 0.391. The highest BCUT2D eigenvalue weighted by molar-refractivity contribution is 5.94. The largest absolute Gasteiger partial charge is 0.497 e. The molecule has 0 saturated carbocycles. The Kier molecular flexibility index (Phi) is 6.81. The quantitative estimate of drug-likeness (QED) is 0.511. The van der Waals surface area contributed by atoms with Crippen molar-refractivity contribution in [3.05, 3.63) is 54.2 Å². The maximum Gasteiger partial charge on any atom is 0.238 e. The number of carbonyl (C=O) groups excluding carboxylic acids is 1. The highest BCUT2D eigenvalue weighted by atomic mass is 16.5. The van der Waals surface area contributed by atoms with E-state index in [4.69, 9.17) is 4.74 Å². The number of hydrogen-bond donors (Lipinski definition) is 3. The van der Waals surface area contributed by atoms with Crippen molar-refractivity contribution in [2.45, 2.75) is 12.5 Å². The van der Waals surface area contributed by atoms with Gasteiger partial charge in [0.15, 0.2) is 0 Å². The van der Waals surface area contributed by atoms with E-state index >= 15 is 0 Å². The Hall–Kier alpha value is -2.94. The summed E-state index contributed by atoms with van der Waals surface area (Å²) in [6.07, 6.45) is 1.95. The van der Waals surface area contributed by atoms with Crippen molar-refractivity contribution < 1.29 is 14.6 Å². The normalized spacial score (nSPS) is 16.3. The number of methoxy groups -OCH3 is 1. The highest BCUT2D eigenvalue weighted by Gasteiger charge is 2.21. The zero-order chi connectivity index (χ0) is 21.6. The van der Waals surface area contributed by atoms with E-state index < -0.39 is 6.10 Å². The van der Waals surface area contributed by atoms with Crippen molar-refractivity contribution in [2.75, 3.05) is 51.7 Å². The fourth-order valence-corrected chi connectivity index (χ4v) is 3.95. The van der Waals surface area contributed by atoms with Gasteiger partial charge in [0.2, 0.25) is 5.91 Å². The zero-order valence-corrected chi connectivity index (χ0v) is 17.8. The minimum Gasteiger partial charge on any atom is -0.497 e. The minimum atomic E-state index is -0.416. The van der Waals surface area contributed by atoms with E-state index in [0.29, 0.717) is 19.5 Å². The van der Waals surface area contributed by atoms with Gasteiger partial charge in [0, 0.05) is 43.8 Å². The third-order valence-electron chi connectivity index (χ3n) is 5.66. The Bertz CT molecular complexity index is 996. The third-order valence-corrected chi connectivity index (χ3v) is 5.66. The summed E-state index contributed by atoms with van der Waals surface area (Å²) >= 11 is 0. The molecule has 2 aromatic carbocycles. The van der Waals surface area contributed by atoms with Gasteiger partial charge < -0.3 is 15.2 Å². The Balaban J connectivity index is 1.18. The van der Waals surface area contributed by atoms with Crippen molar-refractivity contribution in [2.24, 2.45) is 0 Å². The molecule has 1 amide bonds. The van der Waals surface area contributed by atoms with Crippen LogP contribution in [0.15, 0.2) is 48.7 Å². The first kappa shape index (κ1) is 21.3. The number of β-amino-alcohol motifs (C(OH)–C–C–N with tert-alkyl or cyclic N) is 1. The van der Waals surface area contributed by atoms with E-state index in [1.165, 1.54) is 0 Å². The molecule has 164 valence electrons. The molecule has 1 aliphatic heterocycles. The predicted octanol–water partition coefficient (Wildman–Crippen LogP) is 1.73. The average Bonchev–Trinajstić information content (AvgIpc) is 3.23. The van der Waals surface area contributed by atoms with Gasteiger partial charge in [-0.25, -0.2) is 0 Å². The van der Waals surface area contributed by atoms with Gasteiger partial charge >= 0.3 is 0 Å². The Morgan fingerprint density at radius 3 is 2.65 bits per heavy atom. The maximum absolute atomic E-state index is 12.4. The molecular formula is C23H29N5O3. The molecule has 0 aliphatic carbocycles. The number of amides is 1. The SMILES string of the molecule is COc1ccc(CC(O)CN2CCN(CC(=O)Nc3ccc4[nH]ncc4c3)CC2)cc1. The van der Waals surface area contributed by atoms with Gasteiger partial charge in [-0.15, -0.1) is 0 Å². The predicted molar refractivity (Wildman–Crippen MR) is 120 cm³/mol. The molecule has 31 heavy (non-hydrogen) atoms. The zero-order valence-electron chi connectivity index (χ0n) is 17.8. The number of aliphatic hydroxyl groups excluding tert-OH is 1. The van der Waals surface area contributed by atoms with Crippen LogP contribution in [0, 0.1) is 0 Å². The molecule has 1 aromatic heterocycles. The lowest BCUT2D eigenvalue weighted by Crippen LogP contribution is -2.50. The molecule has 1 fully saturated rings. The Morgan fingerprint density at radius 1 is 1.16 bits per heavy atom. The van der Waals surface area contributed by atoms with E-state index in [1.807, 2.05) is 42.5 Å². The fourth-order valence-electron chi connectivity index (χ4n) is 3.95. The third kappa shape index (κ3) is 5.81. The number of aliphatic hydroxyl groups is 1. The van der Waals surface area contributed by atoms with Crippen LogP contribution in [0.5, 0.6) is 5.75 Å². The van der Waals surface area contributed by atoms with Gasteiger partial charge in [0.05, 0.1) is 31.5 Å². The minimum absolute atomic E-state index is 0.0177. The van der Waals surface area contributed by atoms with Crippen molar-refractivity contribution in [3.63, 3.8) is 0 Å². The van der Waals surface area contributed by atoms with E-state index in [-0.39, 0.29) is 5.91 Å². The number of anilines is 1. The summed E-state index contributed by atoms with van der Waals surface area (Å²) in [5.41, 5.74) is 2.82. The number of carbonyl (C=O) groups is 1. The molecule has 3 N–H and O–H groups in total. The van der Waals surface area contributed by atoms with Crippen LogP contribution in [0.25, 0.3) is 10.9 Å². The molecule has 1 saturated heterocycles. The molecule has 1 unspecified atom stereocenters. The first-order chi connectivity index (χ1) is 15.1. The molecule has 8 heteroatoms. The van der Waals surface area contributed by atoms with E-state index in [2.05, 4.69) is 25.3 Å². The number of benzene rings is 2. The van der Waals surface area contributed by atoms with Gasteiger partial charge in [-0.1, -0.05) is 12.1 Å². The summed E-state index contributed by atoms with van der Waals surface area (Å²) in [5, 5.41) is 21.3. The molecule has 0 bridgehead atoms. The standard InChI is InChI=1S/C23H29N5O3/c1-31-21-5-2-17(3-6-21)12-20(29)15-27-8-10-28(11-9-27)16-23(30)25-19-4-7-22-18(13-19)14-24-26-22/h2-7,13-14,20,29H,8-12,15-16H2,1H3,(H,24,26)(H,25,30). The second kappa shape index (κ2) is 9.91. The number of aromatic amines is 1. The number of H-pyrrole nitrogens is 1. The lowest BCUT2D eigenvalue weighted by atomic mass is 10.1. The molecule has 3 aromatic rings. The van der Waals surface area contributed by atoms with Gasteiger partial charge in [-0.2, -0.15) is 5.10 Å². The van der Waals surface area contributed by atoms with Crippen LogP contribution in [0.4, 0.5) is 5.69 Å². The van der Waals surface area contributed by atoms with Gasteiger partial charge in [-0.3, -0.25) is 19.7 Å². The lowest BCUT2D eigenvalue weighted by Gasteiger charge is -2.35. The van der Waals surface area contributed by atoms with E-state index in [9.17, 15) is 9.90 Å². The number of rotatable bonds is 8. The Labute approximate surface area is 181 Å². The summed E-state index contributed by atoms with van der Waals surface area (Å²) < 4.78 is 5.17. The van der Waals surface area contributed by atoms with Crippen molar-refractivity contribution in [1.29, 1.82) is 0 Å².